The fraction of sp³-hybridized carbons (Fsp3) is 0.571. The summed E-state index contributed by atoms with van der Waals surface area (Å²) in [6.45, 7) is 5.66. The molecule has 0 aliphatic carbocycles. The third kappa shape index (κ3) is 3.70. The van der Waals surface area contributed by atoms with E-state index >= 15 is 0 Å². The number of hydrogen-bond donors (Lipinski definition) is 1. The molecule has 0 spiro atoms. The van der Waals surface area contributed by atoms with Gasteiger partial charge in [-0.05, 0) is 17.0 Å². The van der Waals surface area contributed by atoms with Crippen LogP contribution in [0.3, 0.4) is 0 Å². The lowest BCUT2D eigenvalue weighted by Crippen LogP contribution is -2.39. The van der Waals surface area contributed by atoms with Crippen molar-refractivity contribution >= 4 is 0 Å². The molecule has 0 aliphatic rings. The SMILES string of the molecule is COC(C(N)c1ccccc1C(F)(F)F)C(C)(C)C. The normalized spacial score (nSPS) is 16.2. The molecule has 0 saturated heterocycles. The largest absolute Gasteiger partial charge is 0.416 e. The zero-order valence-corrected chi connectivity index (χ0v) is 11.6. The Hall–Kier alpha value is -1.07. The molecular formula is C14H20F3NO. The Morgan fingerprint density at radius 3 is 2.05 bits per heavy atom. The molecule has 0 radical (unpaired) electrons. The molecule has 0 aliphatic heterocycles. The maximum Gasteiger partial charge on any atom is 0.416 e. The third-order valence-electron chi connectivity index (χ3n) is 3.06. The minimum absolute atomic E-state index is 0.0665. The van der Waals surface area contributed by atoms with Gasteiger partial charge in [0, 0.05) is 7.11 Å². The second kappa shape index (κ2) is 5.51. The maximum absolute atomic E-state index is 13.0. The van der Waals surface area contributed by atoms with Gasteiger partial charge >= 0.3 is 6.18 Å². The van der Waals surface area contributed by atoms with Gasteiger partial charge < -0.3 is 10.5 Å². The predicted octanol–water partition coefficient (Wildman–Crippen LogP) is 3.77. The van der Waals surface area contributed by atoms with Crippen LogP contribution in [0, 0.1) is 5.41 Å². The summed E-state index contributed by atoms with van der Waals surface area (Å²) in [6.07, 6.45) is -4.92. The number of methoxy groups -OCH3 is 1. The van der Waals surface area contributed by atoms with Crippen LogP contribution in [-0.4, -0.2) is 13.2 Å². The van der Waals surface area contributed by atoms with E-state index in [2.05, 4.69) is 0 Å². The Morgan fingerprint density at radius 2 is 1.63 bits per heavy atom. The van der Waals surface area contributed by atoms with Gasteiger partial charge in [-0.2, -0.15) is 13.2 Å². The summed E-state index contributed by atoms with van der Waals surface area (Å²) >= 11 is 0. The van der Waals surface area contributed by atoms with Crippen LogP contribution in [0.2, 0.25) is 0 Å². The number of rotatable bonds is 3. The van der Waals surface area contributed by atoms with Gasteiger partial charge in [-0.1, -0.05) is 39.0 Å². The van der Waals surface area contributed by atoms with Crippen LogP contribution in [0.4, 0.5) is 13.2 Å². The van der Waals surface area contributed by atoms with Gasteiger partial charge in [0.2, 0.25) is 0 Å². The summed E-state index contributed by atoms with van der Waals surface area (Å²) in [6, 6.07) is 4.54. The topological polar surface area (TPSA) is 35.2 Å². The maximum atomic E-state index is 13.0. The zero-order valence-electron chi connectivity index (χ0n) is 11.6. The van der Waals surface area contributed by atoms with E-state index in [1.807, 2.05) is 20.8 Å². The first-order valence-corrected chi connectivity index (χ1v) is 6.03. The lowest BCUT2D eigenvalue weighted by molar-refractivity contribution is -0.139. The molecule has 0 heterocycles. The van der Waals surface area contributed by atoms with E-state index in [0.29, 0.717) is 0 Å². The number of nitrogens with two attached hydrogens (primary N) is 1. The van der Waals surface area contributed by atoms with Crippen molar-refractivity contribution < 1.29 is 17.9 Å². The zero-order chi connectivity index (χ0) is 14.8. The molecule has 2 nitrogen and oxygen atoms in total. The average molecular weight is 275 g/mol. The number of alkyl halides is 3. The van der Waals surface area contributed by atoms with E-state index in [4.69, 9.17) is 10.5 Å². The second-order valence-corrected chi connectivity index (χ2v) is 5.63. The fourth-order valence-electron chi connectivity index (χ4n) is 2.25. The molecule has 19 heavy (non-hydrogen) atoms. The Morgan fingerprint density at radius 1 is 1.11 bits per heavy atom. The third-order valence-corrected chi connectivity index (χ3v) is 3.06. The van der Waals surface area contributed by atoms with Crippen LogP contribution in [0.25, 0.3) is 0 Å². The lowest BCUT2D eigenvalue weighted by atomic mass is 9.81. The molecule has 108 valence electrons. The summed E-state index contributed by atoms with van der Waals surface area (Å²) in [4.78, 5) is 0. The monoisotopic (exact) mass is 275 g/mol. The van der Waals surface area contributed by atoms with Crippen LogP contribution >= 0.6 is 0 Å². The number of benzene rings is 1. The number of halogens is 3. The van der Waals surface area contributed by atoms with Crippen LogP contribution in [0.15, 0.2) is 24.3 Å². The Labute approximate surface area is 111 Å². The average Bonchev–Trinajstić information content (AvgIpc) is 2.26. The summed E-state index contributed by atoms with van der Waals surface area (Å²) in [5.74, 6) is 0. The van der Waals surface area contributed by atoms with Crippen molar-refractivity contribution in [1.29, 1.82) is 0 Å². The predicted molar refractivity (Wildman–Crippen MR) is 68.6 cm³/mol. The van der Waals surface area contributed by atoms with Crippen molar-refractivity contribution in [1.82, 2.24) is 0 Å². The number of hydrogen-bond acceptors (Lipinski definition) is 2. The molecule has 2 unspecified atom stereocenters. The van der Waals surface area contributed by atoms with Gasteiger partial charge in [0.1, 0.15) is 0 Å². The smallest absolute Gasteiger partial charge is 0.379 e. The summed E-state index contributed by atoms with van der Waals surface area (Å²) in [5.41, 5.74) is 5.02. The van der Waals surface area contributed by atoms with Crippen LogP contribution in [0.1, 0.15) is 37.9 Å². The van der Waals surface area contributed by atoms with Crippen molar-refractivity contribution in [2.75, 3.05) is 7.11 Å². The molecule has 0 bridgehead atoms. The van der Waals surface area contributed by atoms with E-state index < -0.39 is 23.9 Å². The number of ether oxygens (including phenoxy) is 1. The molecule has 0 amide bonds. The molecule has 0 fully saturated rings. The minimum Gasteiger partial charge on any atom is -0.379 e. The quantitative estimate of drug-likeness (QED) is 0.911. The lowest BCUT2D eigenvalue weighted by Gasteiger charge is -2.35. The van der Waals surface area contributed by atoms with Crippen molar-refractivity contribution in [3.05, 3.63) is 35.4 Å². The van der Waals surface area contributed by atoms with Crippen LogP contribution in [-0.2, 0) is 10.9 Å². The molecule has 1 rings (SSSR count). The first-order chi connectivity index (χ1) is 8.59. The molecule has 0 saturated carbocycles. The molecule has 1 aromatic rings. The van der Waals surface area contributed by atoms with E-state index in [1.165, 1.54) is 19.2 Å². The van der Waals surface area contributed by atoms with E-state index in [9.17, 15) is 13.2 Å². The Balaban J connectivity index is 3.23. The first kappa shape index (κ1) is 16.0. The van der Waals surface area contributed by atoms with E-state index in [0.717, 1.165) is 6.07 Å². The van der Waals surface area contributed by atoms with Gasteiger partial charge in [0.25, 0.3) is 0 Å². The first-order valence-electron chi connectivity index (χ1n) is 6.03. The van der Waals surface area contributed by atoms with Crippen molar-refractivity contribution in [3.8, 4) is 0 Å². The summed E-state index contributed by atoms with van der Waals surface area (Å²) < 4.78 is 44.2. The minimum atomic E-state index is -4.41. The van der Waals surface area contributed by atoms with Crippen molar-refractivity contribution in [2.24, 2.45) is 11.1 Å². The van der Waals surface area contributed by atoms with Gasteiger partial charge in [0.05, 0.1) is 17.7 Å². The summed E-state index contributed by atoms with van der Waals surface area (Å²) in [5, 5.41) is 0. The van der Waals surface area contributed by atoms with Crippen molar-refractivity contribution in [3.63, 3.8) is 0 Å². The second-order valence-electron chi connectivity index (χ2n) is 5.63. The molecular weight excluding hydrogens is 255 g/mol. The highest BCUT2D eigenvalue weighted by molar-refractivity contribution is 5.33. The fourth-order valence-corrected chi connectivity index (χ4v) is 2.25. The molecule has 0 aromatic heterocycles. The highest BCUT2D eigenvalue weighted by atomic mass is 19.4. The highest BCUT2D eigenvalue weighted by Crippen LogP contribution is 2.38. The van der Waals surface area contributed by atoms with E-state index in [1.54, 1.807) is 6.07 Å². The van der Waals surface area contributed by atoms with Crippen molar-refractivity contribution in [2.45, 2.75) is 39.1 Å². The van der Waals surface area contributed by atoms with Gasteiger partial charge in [-0.3, -0.25) is 0 Å². The molecule has 2 atom stereocenters. The molecule has 2 N–H and O–H groups in total. The molecule has 5 heteroatoms. The van der Waals surface area contributed by atoms with Gasteiger partial charge in [-0.25, -0.2) is 0 Å². The van der Waals surface area contributed by atoms with Gasteiger partial charge in [0.15, 0.2) is 0 Å². The highest BCUT2D eigenvalue weighted by Gasteiger charge is 2.38. The van der Waals surface area contributed by atoms with Gasteiger partial charge in [-0.15, -0.1) is 0 Å². The molecule has 1 aromatic carbocycles. The standard InChI is InChI=1S/C14H20F3NO/c1-13(2,3)12(19-4)11(18)9-7-5-6-8-10(9)14(15,16)17/h5-8,11-12H,18H2,1-4H3. The van der Waals surface area contributed by atoms with E-state index in [-0.39, 0.29) is 11.0 Å². The Kier molecular flexibility index (Phi) is 4.63. The Bertz CT molecular complexity index is 423. The summed E-state index contributed by atoms with van der Waals surface area (Å²) in [7, 11) is 1.46. The van der Waals surface area contributed by atoms with Crippen LogP contribution < -0.4 is 5.73 Å². The van der Waals surface area contributed by atoms with Crippen LogP contribution in [0.5, 0.6) is 0 Å².